The monoisotopic (exact) mass is 415 g/mol. The SMILES string of the molecule is CN(C)c1ccc(S(=O)(=O)/C=C/CNC(=O)c2cc3c([nH]c2=O)CCCC3)cc1. The van der Waals surface area contributed by atoms with E-state index in [1.54, 1.807) is 30.3 Å². The van der Waals surface area contributed by atoms with E-state index in [1.807, 2.05) is 19.0 Å². The molecule has 0 fully saturated rings. The van der Waals surface area contributed by atoms with E-state index in [0.29, 0.717) is 0 Å². The number of rotatable bonds is 6. The van der Waals surface area contributed by atoms with Crippen molar-refractivity contribution in [1.29, 1.82) is 0 Å². The summed E-state index contributed by atoms with van der Waals surface area (Å²) in [6, 6.07) is 8.19. The van der Waals surface area contributed by atoms with E-state index < -0.39 is 21.3 Å². The van der Waals surface area contributed by atoms with Crippen LogP contribution < -0.4 is 15.8 Å². The molecule has 1 aromatic carbocycles. The van der Waals surface area contributed by atoms with Crippen LogP contribution in [-0.4, -0.2) is 39.9 Å². The van der Waals surface area contributed by atoms with Gasteiger partial charge in [-0.25, -0.2) is 8.42 Å². The average molecular weight is 416 g/mol. The Kier molecular flexibility index (Phi) is 6.22. The second-order valence-corrected chi connectivity index (χ2v) is 9.07. The van der Waals surface area contributed by atoms with Gasteiger partial charge in [0.1, 0.15) is 5.56 Å². The van der Waals surface area contributed by atoms with Gasteiger partial charge in [-0.1, -0.05) is 6.08 Å². The molecular weight excluding hydrogens is 390 g/mol. The van der Waals surface area contributed by atoms with Crippen LogP contribution in [0.5, 0.6) is 0 Å². The molecule has 2 aromatic rings. The summed E-state index contributed by atoms with van der Waals surface area (Å²) >= 11 is 0. The topological polar surface area (TPSA) is 99.3 Å². The third-order valence-corrected chi connectivity index (χ3v) is 6.40. The molecule has 0 spiro atoms. The second-order valence-electron chi connectivity index (χ2n) is 7.24. The number of anilines is 1. The van der Waals surface area contributed by atoms with Crippen LogP contribution in [0.2, 0.25) is 0 Å². The number of nitrogens with zero attached hydrogens (tertiary/aromatic N) is 1. The molecule has 0 bridgehead atoms. The van der Waals surface area contributed by atoms with E-state index in [0.717, 1.165) is 48.0 Å². The van der Waals surface area contributed by atoms with Crippen LogP contribution in [0.4, 0.5) is 5.69 Å². The van der Waals surface area contributed by atoms with Crippen molar-refractivity contribution >= 4 is 21.4 Å². The Morgan fingerprint density at radius 1 is 1.17 bits per heavy atom. The van der Waals surface area contributed by atoms with Gasteiger partial charge in [0.05, 0.1) is 4.90 Å². The summed E-state index contributed by atoms with van der Waals surface area (Å²) in [5.74, 6) is -0.517. The van der Waals surface area contributed by atoms with Gasteiger partial charge in [0.2, 0.25) is 0 Å². The average Bonchev–Trinajstić information content (AvgIpc) is 2.70. The van der Waals surface area contributed by atoms with Crippen LogP contribution in [0, 0.1) is 0 Å². The van der Waals surface area contributed by atoms with Gasteiger partial charge in [-0.05, 0) is 61.6 Å². The lowest BCUT2D eigenvalue weighted by Crippen LogP contribution is -2.31. The third kappa shape index (κ3) is 4.95. The number of H-pyrrole nitrogens is 1. The highest BCUT2D eigenvalue weighted by Crippen LogP contribution is 2.19. The quantitative estimate of drug-likeness (QED) is 0.752. The predicted octanol–water partition coefficient (Wildman–Crippen LogP) is 2.04. The highest BCUT2D eigenvalue weighted by molar-refractivity contribution is 7.94. The molecule has 0 unspecified atom stereocenters. The molecular formula is C21H25N3O4S. The Balaban J connectivity index is 1.63. The number of aryl methyl sites for hydroxylation is 2. The molecule has 154 valence electrons. The maximum Gasteiger partial charge on any atom is 0.261 e. The van der Waals surface area contributed by atoms with E-state index in [4.69, 9.17) is 0 Å². The van der Waals surface area contributed by atoms with Gasteiger partial charge in [-0.2, -0.15) is 0 Å². The fourth-order valence-electron chi connectivity index (χ4n) is 3.28. The van der Waals surface area contributed by atoms with Crippen molar-refractivity contribution in [2.24, 2.45) is 0 Å². The first-order chi connectivity index (χ1) is 13.8. The summed E-state index contributed by atoms with van der Waals surface area (Å²) in [5.41, 5.74) is 2.45. The zero-order chi connectivity index (χ0) is 21.0. The van der Waals surface area contributed by atoms with Gasteiger partial charge in [0.15, 0.2) is 9.84 Å². The van der Waals surface area contributed by atoms with Crippen molar-refractivity contribution in [2.45, 2.75) is 30.6 Å². The molecule has 1 aromatic heterocycles. The lowest BCUT2D eigenvalue weighted by atomic mass is 9.95. The molecule has 0 aliphatic heterocycles. The minimum Gasteiger partial charge on any atom is -0.378 e. The third-order valence-electron chi connectivity index (χ3n) is 4.92. The molecule has 1 aliphatic carbocycles. The Labute approximate surface area is 170 Å². The summed E-state index contributed by atoms with van der Waals surface area (Å²) in [7, 11) is 0.146. The van der Waals surface area contributed by atoms with Gasteiger partial charge in [-0.3, -0.25) is 9.59 Å². The van der Waals surface area contributed by atoms with Crippen LogP contribution in [-0.2, 0) is 22.7 Å². The molecule has 0 radical (unpaired) electrons. The van der Waals surface area contributed by atoms with Gasteiger partial charge in [-0.15, -0.1) is 0 Å². The van der Waals surface area contributed by atoms with Crippen LogP contribution in [0.1, 0.15) is 34.5 Å². The first-order valence-electron chi connectivity index (χ1n) is 9.50. The van der Waals surface area contributed by atoms with Gasteiger partial charge >= 0.3 is 0 Å². The molecule has 29 heavy (non-hydrogen) atoms. The van der Waals surface area contributed by atoms with Gasteiger partial charge in [0.25, 0.3) is 11.5 Å². The van der Waals surface area contributed by atoms with Crippen LogP contribution in [0.25, 0.3) is 0 Å². The fraction of sp³-hybridized carbons (Fsp3) is 0.333. The molecule has 0 saturated carbocycles. The van der Waals surface area contributed by atoms with Crippen LogP contribution >= 0.6 is 0 Å². The van der Waals surface area contributed by atoms with Crippen molar-refractivity contribution < 1.29 is 13.2 Å². The Bertz CT molecular complexity index is 1080. The summed E-state index contributed by atoms with van der Waals surface area (Å²) in [5, 5.41) is 3.64. The number of benzene rings is 1. The van der Waals surface area contributed by atoms with E-state index in [-0.39, 0.29) is 17.0 Å². The molecule has 8 heteroatoms. The van der Waals surface area contributed by atoms with Crippen LogP contribution in [0.15, 0.2) is 51.5 Å². The van der Waals surface area contributed by atoms with Gasteiger partial charge < -0.3 is 15.2 Å². The number of sulfone groups is 1. The first-order valence-corrected chi connectivity index (χ1v) is 11.0. The number of pyridine rings is 1. The van der Waals surface area contributed by atoms with E-state index >= 15 is 0 Å². The molecule has 0 atom stereocenters. The largest absolute Gasteiger partial charge is 0.378 e. The summed E-state index contributed by atoms with van der Waals surface area (Å²) in [6.45, 7) is 0.00433. The van der Waals surface area contributed by atoms with Crippen molar-refractivity contribution in [1.82, 2.24) is 10.3 Å². The van der Waals surface area contributed by atoms with E-state index in [2.05, 4.69) is 10.3 Å². The molecule has 0 saturated heterocycles. The molecule has 1 heterocycles. The number of amides is 1. The lowest BCUT2D eigenvalue weighted by Gasteiger charge is -2.15. The molecule has 1 aliphatic rings. The zero-order valence-electron chi connectivity index (χ0n) is 16.6. The summed E-state index contributed by atoms with van der Waals surface area (Å²) < 4.78 is 24.7. The maximum atomic E-state index is 12.4. The normalized spacial score (nSPS) is 13.9. The maximum absolute atomic E-state index is 12.4. The number of carbonyl (C=O) groups is 1. The number of aromatic amines is 1. The van der Waals surface area contributed by atoms with Gasteiger partial charge in [0, 0.05) is 37.4 Å². The van der Waals surface area contributed by atoms with E-state index in [9.17, 15) is 18.0 Å². The second kappa shape index (κ2) is 8.65. The Hall–Kier alpha value is -2.87. The van der Waals surface area contributed by atoms with Crippen molar-refractivity contribution in [3.63, 3.8) is 0 Å². The smallest absolute Gasteiger partial charge is 0.261 e. The predicted molar refractivity (Wildman–Crippen MR) is 113 cm³/mol. The fourth-order valence-corrected chi connectivity index (χ4v) is 4.30. The number of aromatic nitrogens is 1. The Morgan fingerprint density at radius 3 is 2.55 bits per heavy atom. The molecule has 3 rings (SSSR count). The minimum atomic E-state index is -3.60. The Morgan fingerprint density at radius 2 is 1.86 bits per heavy atom. The molecule has 7 nitrogen and oxygen atoms in total. The first kappa shape index (κ1) is 20.9. The number of nitrogens with one attached hydrogen (secondary N) is 2. The van der Waals surface area contributed by atoms with Crippen molar-refractivity contribution in [2.75, 3.05) is 25.5 Å². The standard InChI is InChI=1S/C21H25N3O4S/c1-24(2)16-8-10-17(11-9-16)29(27,28)13-5-12-22-20(25)18-14-15-6-3-4-7-19(15)23-21(18)26/h5,8-11,13-14H,3-4,6-7,12H2,1-2H3,(H,22,25)(H,23,26)/b13-5+. The zero-order valence-corrected chi connectivity index (χ0v) is 17.4. The van der Waals surface area contributed by atoms with E-state index in [1.165, 1.54) is 6.08 Å². The highest BCUT2D eigenvalue weighted by Gasteiger charge is 2.17. The molecule has 2 N–H and O–H groups in total. The van der Waals surface area contributed by atoms with Crippen LogP contribution in [0.3, 0.4) is 0 Å². The van der Waals surface area contributed by atoms with Crippen molar-refractivity contribution in [3.05, 3.63) is 69.0 Å². The molecule has 1 amide bonds. The highest BCUT2D eigenvalue weighted by atomic mass is 32.2. The lowest BCUT2D eigenvalue weighted by molar-refractivity contribution is 0.0956. The summed E-state index contributed by atoms with van der Waals surface area (Å²) in [6.07, 6.45) is 5.10. The minimum absolute atomic E-state index is 0.00433. The van der Waals surface area contributed by atoms with Crippen molar-refractivity contribution in [3.8, 4) is 0 Å². The number of hydrogen-bond acceptors (Lipinski definition) is 5. The number of carbonyl (C=O) groups excluding carboxylic acids is 1. The summed E-state index contributed by atoms with van der Waals surface area (Å²) in [4.78, 5) is 29.3. The number of fused-ring (bicyclic) bond motifs is 1. The number of hydrogen-bond donors (Lipinski definition) is 2.